The summed E-state index contributed by atoms with van der Waals surface area (Å²) in [5, 5.41) is 9.03. The van der Waals surface area contributed by atoms with E-state index in [4.69, 9.17) is 9.84 Å². The summed E-state index contributed by atoms with van der Waals surface area (Å²) in [5.74, 6) is -3.10. The minimum atomic E-state index is -4.85. The second kappa shape index (κ2) is 5.63. The molecule has 4 nitrogen and oxygen atoms in total. The van der Waals surface area contributed by atoms with Crippen LogP contribution in [-0.2, 0) is 6.18 Å². The minimum Gasteiger partial charge on any atom is -0.480 e. The first kappa shape index (κ1) is 15.7. The van der Waals surface area contributed by atoms with E-state index in [1.165, 1.54) is 7.11 Å². The number of nitrogens with zero attached hydrogens (tertiary/aromatic N) is 1. The number of methoxy groups -OCH3 is 1. The summed E-state index contributed by atoms with van der Waals surface area (Å²) in [6, 6.07) is 3.76. The molecule has 0 saturated heterocycles. The summed E-state index contributed by atoms with van der Waals surface area (Å²) >= 11 is 0. The van der Waals surface area contributed by atoms with E-state index < -0.39 is 29.1 Å². The highest BCUT2D eigenvalue weighted by Crippen LogP contribution is 2.36. The predicted octanol–water partition coefficient (Wildman–Crippen LogP) is 3.61. The van der Waals surface area contributed by atoms with Crippen molar-refractivity contribution in [3.8, 4) is 17.0 Å². The quantitative estimate of drug-likeness (QED) is 0.879. The molecule has 1 aromatic carbocycles. The molecular formula is C14H9F4NO3. The first-order valence-corrected chi connectivity index (χ1v) is 5.89. The van der Waals surface area contributed by atoms with E-state index in [-0.39, 0.29) is 17.0 Å². The number of ether oxygens (including phenoxy) is 1. The van der Waals surface area contributed by atoms with Crippen LogP contribution in [-0.4, -0.2) is 23.2 Å². The van der Waals surface area contributed by atoms with Crippen LogP contribution < -0.4 is 4.74 Å². The third kappa shape index (κ3) is 2.85. The molecule has 0 aliphatic rings. The second-order valence-electron chi connectivity index (χ2n) is 4.25. The molecule has 2 rings (SSSR count). The number of pyridine rings is 1. The van der Waals surface area contributed by atoms with Gasteiger partial charge in [0.05, 0.1) is 12.7 Å². The van der Waals surface area contributed by atoms with Crippen LogP contribution in [0.5, 0.6) is 5.88 Å². The molecule has 0 bridgehead atoms. The number of carbonyl (C=O) groups is 1. The Labute approximate surface area is 122 Å². The number of aromatic nitrogens is 1. The molecule has 1 aromatic heterocycles. The number of rotatable bonds is 3. The highest BCUT2D eigenvalue weighted by Gasteiger charge is 2.35. The van der Waals surface area contributed by atoms with E-state index in [9.17, 15) is 22.4 Å². The Hall–Kier alpha value is -2.64. The zero-order chi connectivity index (χ0) is 16.5. The minimum absolute atomic E-state index is 0.0956. The molecule has 1 heterocycles. The van der Waals surface area contributed by atoms with Gasteiger partial charge < -0.3 is 9.84 Å². The Bertz CT molecular complexity index is 729. The Morgan fingerprint density at radius 2 is 2.00 bits per heavy atom. The van der Waals surface area contributed by atoms with Crippen molar-refractivity contribution in [1.29, 1.82) is 0 Å². The van der Waals surface area contributed by atoms with Gasteiger partial charge in [-0.05, 0) is 12.1 Å². The number of halogens is 4. The topological polar surface area (TPSA) is 59.4 Å². The molecule has 0 atom stereocenters. The van der Waals surface area contributed by atoms with Crippen LogP contribution in [0.1, 0.15) is 15.9 Å². The number of alkyl halides is 3. The highest BCUT2D eigenvalue weighted by molar-refractivity contribution is 5.91. The number of carboxylic acids is 1. The molecule has 0 aliphatic carbocycles. The number of hydrogen-bond acceptors (Lipinski definition) is 3. The van der Waals surface area contributed by atoms with Crippen molar-refractivity contribution in [3.05, 3.63) is 47.4 Å². The van der Waals surface area contributed by atoms with Crippen LogP contribution in [0.2, 0.25) is 0 Å². The number of benzene rings is 1. The van der Waals surface area contributed by atoms with Crippen LogP contribution in [0.25, 0.3) is 11.1 Å². The van der Waals surface area contributed by atoms with E-state index in [2.05, 4.69) is 4.98 Å². The molecule has 0 amide bonds. The molecular weight excluding hydrogens is 306 g/mol. The molecule has 0 radical (unpaired) electrons. The molecule has 0 unspecified atom stereocenters. The number of hydrogen-bond donors (Lipinski definition) is 1. The maximum atomic E-state index is 14.0. The molecule has 1 N–H and O–H groups in total. The van der Waals surface area contributed by atoms with Gasteiger partial charge in [-0.2, -0.15) is 13.2 Å². The van der Waals surface area contributed by atoms with Gasteiger partial charge in [-0.1, -0.05) is 12.1 Å². The van der Waals surface area contributed by atoms with Crippen molar-refractivity contribution in [2.24, 2.45) is 0 Å². The van der Waals surface area contributed by atoms with Gasteiger partial charge in [-0.25, -0.2) is 14.2 Å². The Kier molecular flexibility index (Phi) is 4.03. The Morgan fingerprint density at radius 3 is 2.55 bits per heavy atom. The van der Waals surface area contributed by atoms with Gasteiger partial charge in [-0.15, -0.1) is 0 Å². The third-order valence-corrected chi connectivity index (χ3v) is 2.89. The molecule has 22 heavy (non-hydrogen) atoms. The fraction of sp³-hybridized carbons (Fsp3) is 0.143. The maximum Gasteiger partial charge on any atom is 0.419 e. The molecule has 8 heteroatoms. The maximum absolute atomic E-state index is 14.0. The zero-order valence-corrected chi connectivity index (χ0v) is 11.1. The molecule has 116 valence electrons. The average molecular weight is 315 g/mol. The third-order valence-electron chi connectivity index (χ3n) is 2.89. The van der Waals surface area contributed by atoms with Crippen molar-refractivity contribution in [2.75, 3.05) is 7.11 Å². The molecule has 0 aliphatic heterocycles. The van der Waals surface area contributed by atoms with Crippen molar-refractivity contribution < 1.29 is 32.2 Å². The lowest BCUT2D eigenvalue weighted by Crippen LogP contribution is -2.09. The van der Waals surface area contributed by atoms with E-state index in [1.807, 2.05) is 0 Å². The van der Waals surface area contributed by atoms with E-state index >= 15 is 0 Å². The number of carboxylic acid groups (broad SMARTS) is 1. The van der Waals surface area contributed by atoms with Gasteiger partial charge in [0, 0.05) is 17.3 Å². The Morgan fingerprint density at radius 1 is 1.32 bits per heavy atom. The first-order chi connectivity index (χ1) is 10.3. The fourth-order valence-electron chi connectivity index (χ4n) is 1.89. The van der Waals surface area contributed by atoms with Gasteiger partial charge in [0.15, 0.2) is 0 Å². The number of aromatic carboxylic acids is 1. The van der Waals surface area contributed by atoms with Gasteiger partial charge in [0.2, 0.25) is 5.88 Å². The van der Waals surface area contributed by atoms with Gasteiger partial charge in [0.25, 0.3) is 0 Å². The standard InChI is InChI=1S/C14H9F4NO3/c1-22-12-9(13(20)21)5-7(6-19-12)8-3-2-4-10(11(8)15)14(16,17)18/h2-6H,1H3,(H,20,21). The smallest absolute Gasteiger partial charge is 0.419 e. The van der Waals surface area contributed by atoms with Gasteiger partial charge >= 0.3 is 12.1 Å². The van der Waals surface area contributed by atoms with E-state index in [0.717, 1.165) is 24.4 Å². The molecule has 2 aromatic rings. The second-order valence-corrected chi connectivity index (χ2v) is 4.25. The monoisotopic (exact) mass is 315 g/mol. The summed E-state index contributed by atoms with van der Waals surface area (Å²) < 4.78 is 56.9. The Balaban J connectivity index is 2.63. The van der Waals surface area contributed by atoms with Crippen LogP contribution in [0.15, 0.2) is 30.5 Å². The summed E-state index contributed by atoms with van der Waals surface area (Å²) in [5.41, 5.74) is -2.30. The van der Waals surface area contributed by atoms with Gasteiger partial charge in [0.1, 0.15) is 11.4 Å². The molecule has 0 spiro atoms. The van der Waals surface area contributed by atoms with E-state index in [0.29, 0.717) is 6.07 Å². The van der Waals surface area contributed by atoms with Crippen molar-refractivity contribution >= 4 is 5.97 Å². The summed E-state index contributed by atoms with van der Waals surface area (Å²) in [6.45, 7) is 0. The molecule has 0 saturated carbocycles. The largest absolute Gasteiger partial charge is 0.480 e. The summed E-state index contributed by atoms with van der Waals surface area (Å²) in [7, 11) is 1.19. The first-order valence-electron chi connectivity index (χ1n) is 5.89. The lowest BCUT2D eigenvalue weighted by molar-refractivity contribution is -0.139. The predicted molar refractivity (Wildman–Crippen MR) is 68.1 cm³/mol. The fourth-order valence-corrected chi connectivity index (χ4v) is 1.89. The average Bonchev–Trinajstić information content (AvgIpc) is 2.45. The van der Waals surface area contributed by atoms with Crippen LogP contribution in [0.3, 0.4) is 0 Å². The highest BCUT2D eigenvalue weighted by atomic mass is 19.4. The van der Waals surface area contributed by atoms with Crippen LogP contribution >= 0.6 is 0 Å². The van der Waals surface area contributed by atoms with Crippen LogP contribution in [0, 0.1) is 5.82 Å². The zero-order valence-electron chi connectivity index (χ0n) is 11.1. The van der Waals surface area contributed by atoms with E-state index in [1.54, 1.807) is 0 Å². The molecule has 0 fully saturated rings. The lowest BCUT2D eigenvalue weighted by atomic mass is 10.0. The normalized spacial score (nSPS) is 11.3. The van der Waals surface area contributed by atoms with Gasteiger partial charge in [-0.3, -0.25) is 0 Å². The van der Waals surface area contributed by atoms with Crippen molar-refractivity contribution in [2.45, 2.75) is 6.18 Å². The summed E-state index contributed by atoms with van der Waals surface area (Å²) in [6.07, 6.45) is -3.81. The van der Waals surface area contributed by atoms with Crippen molar-refractivity contribution in [1.82, 2.24) is 4.98 Å². The summed E-state index contributed by atoms with van der Waals surface area (Å²) in [4.78, 5) is 14.8. The lowest BCUT2D eigenvalue weighted by Gasteiger charge is -2.12. The van der Waals surface area contributed by atoms with Crippen molar-refractivity contribution in [3.63, 3.8) is 0 Å². The van der Waals surface area contributed by atoms with Crippen LogP contribution in [0.4, 0.5) is 17.6 Å². The SMILES string of the molecule is COc1ncc(-c2cccc(C(F)(F)F)c2F)cc1C(=O)O.